The number of hydrogen-bond donors (Lipinski definition) is 0. The highest BCUT2D eigenvalue weighted by Gasteiger charge is 2.25. The van der Waals surface area contributed by atoms with Gasteiger partial charge in [0.15, 0.2) is 5.69 Å². The van der Waals surface area contributed by atoms with E-state index in [1.807, 2.05) is 39.8 Å². The summed E-state index contributed by atoms with van der Waals surface area (Å²) in [4.78, 5) is 11.8. The first kappa shape index (κ1) is 15.6. The van der Waals surface area contributed by atoms with Crippen LogP contribution in [0.4, 0.5) is 0 Å². The van der Waals surface area contributed by atoms with Gasteiger partial charge in [0.25, 0.3) is 0 Å². The second kappa shape index (κ2) is 5.90. The standard InChI is InChI=1S/C16H19ClN2O2/c1-9(2)15-13(17)14(16(20)21-5)18-19(15)12-7-6-10(3)8-11(12)4/h6-9H,1-5H3. The van der Waals surface area contributed by atoms with Gasteiger partial charge in [0.2, 0.25) is 0 Å². The molecule has 21 heavy (non-hydrogen) atoms. The zero-order chi connectivity index (χ0) is 15.7. The van der Waals surface area contributed by atoms with Gasteiger partial charge in [-0.1, -0.05) is 43.1 Å². The maximum Gasteiger partial charge on any atom is 0.360 e. The predicted molar refractivity (Wildman–Crippen MR) is 83.5 cm³/mol. The highest BCUT2D eigenvalue weighted by Crippen LogP contribution is 2.31. The van der Waals surface area contributed by atoms with Gasteiger partial charge in [-0.15, -0.1) is 0 Å². The normalized spacial score (nSPS) is 11.0. The fourth-order valence-corrected chi connectivity index (χ4v) is 2.78. The van der Waals surface area contributed by atoms with E-state index in [1.54, 1.807) is 4.68 Å². The summed E-state index contributed by atoms with van der Waals surface area (Å²) in [6.07, 6.45) is 0. The second-order valence-corrected chi connectivity index (χ2v) is 5.77. The minimum absolute atomic E-state index is 0.129. The fraction of sp³-hybridized carbons (Fsp3) is 0.375. The molecule has 0 unspecified atom stereocenters. The van der Waals surface area contributed by atoms with Gasteiger partial charge in [-0.2, -0.15) is 5.10 Å². The number of ether oxygens (including phenoxy) is 1. The Balaban J connectivity index is 2.70. The molecule has 4 nitrogen and oxygen atoms in total. The van der Waals surface area contributed by atoms with E-state index in [-0.39, 0.29) is 11.6 Å². The molecule has 0 N–H and O–H groups in total. The Morgan fingerprint density at radius 1 is 1.33 bits per heavy atom. The highest BCUT2D eigenvalue weighted by atomic mass is 35.5. The van der Waals surface area contributed by atoms with Crippen molar-refractivity contribution in [3.05, 3.63) is 45.7 Å². The maximum atomic E-state index is 11.8. The second-order valence-electron chi connectivity index (χ2n) is 5.40. The molecule has 0 aliphatic rings. The lowest BCUT2D eigenvalue weighted by molar-refractivity contribution is 0.0593. The highest BCUT2D eigenvalue weighted by molar-refractivity contribution is 6.34. The Bertz CT molecular complexity index is 690. The smallest absolute Gasteiger partial charge is 0.360 e. The minimum atomic E-state index is -0.523. The molecule has 0 saturated carbocycles. The van der Waals surface area contributed by atoms with E-state index in [1.165, 1.54) is 12.7 Å². The molecule has 0 saturated heterocycles. The van der Waals surface area contributed by atoms with Crippen LogP contribution in [0.25, 0.3) is 5.69 Å². The third kappa shape index (κ3) is 2.81. The SMILES string of the molecule is COC(=O)c1nn(-c2ccc(C)cc2C)c(C(C)C)c1Cl. The van der Waals surface area contributed by atoms with Crippen LogP contribution < -0.4 is 0 Å². The van der Waals surface area contributed by atoms with E-state index in [0.717, 1.165) is 16.9 Å². The van der Waals surface area contributed by atoms with Crippen molar-refractivity contribution in [2.24, 2.45) is 0 Å². The average molecular weight is 307 g/mol. The van der Waals surface area contributed by atoms with Crippen LogP contribution in [0.15, 0.2) is 18.2 Å². The Kier molecular flexibility index (Phi) is 4.37. The van der Waals surface area contributed by atoms with Crippen molar-refractivity contribution in [2.45, 2.75) is 33.6 Å². The first-order valence-corrected chi connectivity index (χ1v) is 7.19. The zero-order valence-electron chi connectivity index (χ0n) is 12.9. The van der Waals surface area contributed by atoms with Crippen LogP contribution in [-0.4, -0.2) is 22.9 Å². The summed E-state index contributed by atoms with van der Waals surface area (Å²) in [5.74, 6) is -0.394. The molecule has 0 amide bonds. The summed E-state index contributed by atoms with van der Waals surface area (Å²) in [5, 5.41) is 4.73. The maximum absolute atomic E-state index is 11.8. The molecule has 0 bridgehead atoms. The number of carbonyl (C=O) groups excluding carboxylic acids is 1. The molecular formula is C16H19ClN2O2. The van der Waals surface area contributed by atoms with Gasteiger partial charge in [0.05, 0.1) is 23.5 Å². The molecule has 2 aromatic rings. The van der Waals surface area contributed by atoms with Crippen molar-refractivity contribution in [2.75, 3.05) is 7.11 Å². The van der Waals surface area contributed by atoms with Crippen molar-refractivity contribution in [1.29, 1.82) is 0 Å². The first-order valence-electron chi connectivity index (χ1n) is 6.81. The summed E-state index contributed by atoms with van der Waals surface area (Å²) in [5.41, 5.74) is 4.13. The van der Waals surface area contributed by atoms with Crippen LogP contribution in [0.5, 0.6) is 0 Å². The molecule has 1 aromatic carbocycles. The lowest BCUT2D eigenvalue weighted by Crippen LogP contribution is -2.07. The van der Waals surface area contributed by atoms with Gasteiger partial charge in [0, 0.05) is 0 Å². The monoisotopic (exact) mass is 306 g/mol. The Morgan fingerprint density at radius 3 is 2.52 bits per heavy atom. The van der Waals surface area contributed by atoms with Crippen LogP contribution in [0.2, 0.25) is 5.02 Å². The topological polar surface area (TPSA) is 44.1 Å². The first-order chi connectivity index (χ1) is 9.86. The van der Waals surface area contributed by atoms with E-state index < -0.39 is 5.97 Å². The number of benzene rings is 1. The summed E-state index contributed by atoms with van der Waals surface area (Å²) in [6.45, 7) is 8.09. The molecule has 0 radical (unpaired) electrons. The molecule has 0 fully saturated rings. The van der Waals surface area contributed by atoms with E-state index in [9.17, 15) is 4.79 Å². The molecule has 0 aliphatic heterocycles. The zero-order valence-corrected chi connectivity index (χ0v) is 13.7. The van der Waals surface area contributed by atoms with Crippen LogP contribution in [0.3, 0.4) is 0 Å². The molecule has 2 rings (SSSR count). The summed E-state index contributed by atoms with van der Waals surface area (Å²) in [6, 6.07) is 6.08. The van der Waals surface area contributed by atoms with Crippen molar-refractivity contribution in [1.82, 2.24) is 9.78 Å². The van der Waals surface area contributed by atoms with Gasteiger partial charge in [-0.05, 0) is 31.4 Å². The molecule has 0 aliphatic carbocycles. The van der Waals surface area contributed by atoms with Gasteiger partial charge in [0.1, 0.15) is 0 Å². The van der Waals surface area contributed by atoms with E-state index in [0.29, 0.717) is 5.02 Å². The summed E-state index contributed by atoms with van der Waals surface area (Å²) >= 11 is 6.35. The van der Waals surface area contributed by atoms with Crippen LogP contribution >= 0.6 is 11.6 Å². The van der Waals surface area contributed by atoms with Crippen LogP contribution in [0.1, 0.15) is 47.1 Å². The third-order valence-corrected chi connectivity index (χ3v) is 3.74. The largest absolute Gasteiger partial charge is 0.464 e. The number of halogens is 1. The number of aryl methyl sites for hydroxylation is 2. The van der Waals surface area contributed by atoms with Crippen molar-refractivity contribution in [3.8, 4) is 5.69 Å². The average Bonchev–Trinajstić information content (AvgIpc) is 2.75. The van der Waals surface area contributed by atoms with Crippen molar-refractivity contribution in [3.63, 3.8) is 0 Å². The predicted octanol–water partition coefficient (Wildman–Crippen LogP) is 4.05. The van der Waals surface area contributed by atoms with Crippen LogP contribution in [0, 0.1) is 13.8 Å². The Hall–Kier alpha value is -1.81. The lowest BCUT2D eigenvalue weighted by atomic mass is 10.1. The molecule has 0 spiro atoms. The van der Waals surface area contributed by atoms with Crippen LogP contribution in [-0.2, 0) is 4.74 Å². The fourth-order valence-electron chi connectivity index (χ4n) is 2.36. The van der Waals surface area contributed by atoms with E-state index >= 15 is 0 Å². The molecule has 0 atom stereocenters. The molecular weight excluding hydrogens is 288 g/mol. The van der Waals surface area contributed by atoms with E-state index in [2.05, 4.69) is 11.2 Å². The number of nitrogens with zero attached hydrogens (tertiary/aromatic N) is 2. The summed E-state index contributed by atoms with van der Waals surface area (Å²) < 4.78 is 6.50. The summed E-state index contributed by atoms with van der Waals surface area (Å²) in [7, 11) is 1.32. The minimum Gasteiger partial charge on any atom is -0.464 e. The third-order valence-electron chi connectivity index (χ3n) is 3.37. The quantitative estimate of drug-likeness (QED) is 0.803. The molecule has 5 heteroatoms. The molecule has 1 heterocycles. The lowest BCUT2D eigenvalue weighted by Gasteiger charge is -2.13. The van der Waals surface area contributed by atoms with E-state index in [4.69, 9.17) is 16.3 Å². The number of aromatic nitrogens is 2. The number of methoxy groups -OCH3 is 1. The van der Waals surface area contributed by atoms with Gasteiger partial charge in [-0.25, -0.2) is 9.48 Å². The number of rotatable bonds is 3. The van der Waals surface area contributed by atoms with Gasteiger partial charge >= 0.3 is 5.97 Å². The Labute approximate surface area is 129 Å². The number of esters is 1. The number of hydrogen-bond acceptors (Lipinski definition) is 3. The number of carbonyl (C=O) groups is 1. The van der Waals surface area contributed by atoms with Gasteiger partial charge in [-0.3, -0.25) is 0 Å². The van der Waals surface area contributed by atoms with Crippen molar-refractivity contribution >= 4 is 17.6 Å². The molecule has 1 aromatic heterocycles. The van der Waals surface area contributed by atoms with Gasteiger partial charge < -0.3 is 4.74 Å². The Morgan fingerprint density at radius 2 is 2.00 bits per heavy atom. The molecule has 112 valence electrons. The van der Waals surface area contributed by atoms with Crippen molar-refractivity contribution < 1.29 is 9.53 Å².